The lowest BCUT2D eigenvalue weighted by Crippen LogP contribution is -2.24. The van der Waals surface area contributed by atoms with Gasteiger partial charge in [-0.05, 0) is 47.4 Å². The molecule has 0 saturated heterocycles. The largest absolute Gasteiger partial charge is 0.495 e. The van der Waals surface area contributed by atoms with Crippen LogP contribution in [0.2, 0.25) is 5.02 Å². The average Bonchev–Trinajstić information content (AvgIpc) is 2.84. The number of ether oxygens (including phenoxy) is 2. The summed E-state index contributed by atoms with van der Waals surface area (Å²) < 4.78 is 12.5. The summed E-state index contributed by atoms with van der Waals surface area (Å²) in [6.07, 6.45) is 5.36. The Morgan fingerprint density at radius 2 is 1.85 bits per heavy atom. The van der Waals surface area contributed by atoms with Crippen molar-refractivity contribution in [3.05, 3.63) is 87.3 Å². The molecule has 0 bridgehead atoms. The minimum atomic E-state index is -0.348. The highest BCUT2D eigenvalue weighted by Crippen LogP contribution is 2.31. The molecule has 0 fully saturated rings. The molecule has 172 valence electrons. The van der Waals surface area contributed by atoms with Crippen molar-refractivity contribution in [2.24, 2.45) is 0 Å². The minimum absolute atomic E-state index is 0.154. The molecule has 0 spiro atoms. The number of fused-ring (bicyclic) bond motifs is 1. The number of hydrogen-bond donors (Lipinski definition) is 0. The summed E-state index contributed by atoms with van der Waals surface area (Å²) in [6.45, 7) is 4.75. The smallest absolute Gasteiger partial charge is 0.348 e. The Hall–Kier alpha value is -3.75. The molecule has 0 unspecified atom stereocenters. The fourth-order valence-electron chi connectivity index (χ4n) is 3.86. The van der Waals surface area contributed by atoms with Gasteiger partial charge in [0.1, 0.15) is 18.1 Å². The van der Waals surface area contributed by atoms with Crippen molar-refractivity contribution in [2.45, 2.75) is 26.3 Å². The highest BCUT2D eigenvalue weighted by molar-refractivity contribution is 6.32. The molecule has 4 aromatic rings. The predicted molar refractivity (Wildman–Crippen MR) is 137 cm³/mol. The third-order valence-electron chi connectivity index (χ3n) is 5.68. The lowest BCUT2D eigenvalue weighted by atomic mass is 9.99. The van der Waals surface area contributed by atoms with Gasteiger partial charge in [-0.3, -0.25) is 4.57 Å². The Balaban J connectivity index is 1.87. The van der Waals surface area contributed by atoms with Crippen LogP contribution in [-0.2, 0) is 6.54 Å². The van der Waals surface area contributed by atoms with E-state index in [-0.39, 0.29) is 12.3 Å². The van der Waals surface area contributed by atoms with Gasteiger partial charge < -0.3 is 9.47 Å². The first kappa shape index (κ1) is 23.4. The average molecular weight is 473 g/mol. The lowest BCUT2D eigenvalue weighted by Gasteiger charge is -2.15. The lowest BCUT2D eigenvalue weighted by molar-refractivity contribution is 0.371. The highest BCUT2D eigenvalue weighted by Gasteiger charge is 2.15. The van der Waals surface area contributed by atoms with E-state index in [9.17, 15) is 4.79 Å². The molecular formula is C28H25ClN2O3. The molecule has 0 N–H and O–H groups in total. The first-order valence-electron chi connectivity index (χ1n) is 10.9. The van der Waals surface area contributed by atoms with Crippen LogP contribution in [0.5, 0.6) is 11.5 Å². The van der Waals surface area contributed by atoms with Crippen molar-refractivity contribution in [2.75, 3.05) is 13.7 Å². The zero-order chi connectivity index (χ0) is 24.2. The molecule has 5 nitrogen and oxygen atoms in total. The van der Waals surface area contributed by atoms with Crippen molar-refractivity contribution in [3.8, 4) is 35.1 Å². The van der Waals surface area contributed by atoms with E-state index in [1.165, 1.54) is 5.56 Å². The monoisotopic (exact) mass is 472 g/mol. The van der Waals surface area contributed by atoms with E-state index < -0.39 is 0 Å². The number of aromatic nitrogens is 2. The van der Waals surface area contributed by atoms with E-state index in [2.05, 4.69) is 36.9 Å². The molecule has 6 heteroatoms. The molecule has 4 rings (SSSR count). The second-order valence-corrected chi connectivity index (χ2v) is 8.65. The summed E-state index contributed by atoms with van der Waals surface area (Å²) in [4.78, 5) is 17.7. The molecule has 0 radical (unpaired) electrons. The van der Waals surface area contributed by atoms with Gasteiger partial charge >= 0.3 is 5.69 Å². The van der Waals surface area contributed by atoms with Crippen molar-refractivity contribution >= 4 is 22.5 Å². The van der Waals surface area contributed by atoms with Gasteiger partial charge in [0.05, 0.1) is 29.9 Å². The van der Waals surface area contributed by atoms with Gasteiger partial charge in [0.15, 0.2) is 0 Å². The van der Waals surface area contributed by atoms with Crippen LogP contribution in [0.3, 0.4) is 0 Å². The SMILES string of the molecule is C#CCOc1ccc2c(c1)c(-c1ccc(C(C)C)cc1)nc(=O)n2Cc1ccc(OC)c(Cl)c1. The van der Waals surface area contributed by atoms with Gasteiger partial charge in [-0.1, -0.05) is 61.7 Å². The Labute approximate surface area is 203 Å². The van der Waals surface area contributed by atoms with Crippen LogP contribution in [0, 0.1) is 12.3 Å². The molecule has 0 aliphatic heterocycles. The number of rotatable bonds is 7. The van der Waals surface area contributed by atoms with Gasteiger partial charge in [-0.2, -0.15) is 4.98 Å². The van der Waals surface area contributed by atoms with Crippen LogP contribution >= 0.6 is 11.6 Å². The number of halogens is 1. The van der Waals surface area contributed by atoms with Crippen LogP contribution in [0.25, 0.3) is 22.2 Å². The molecule has 0 saturated carbocycles. The third kappa shape index (κ3) is 4.78. The fraction of sp³-hybridized carbons (Fsp3) is 0.214. The maximum absolute atomic E-state index is 13.2. The summed E-state index contributed by atoms with van der Waals surface area (Å²) in [7, 11) is 1.56. The fourth-order valence-corrected chi connectivity index (χ4v) is 4.14. The molecule has 1 heterocycles. The summed E-state index contributed by atoms with van der Waals surface area (Å²) in [5, 5.41) is 1.28. The standard InChI is InChI=1S/C28H25ClN2O3/c1-5-14-34-22-11-12-25-23(16-22)27(21-9-7-20(8-10-21)18(2)3)30-28(32)31(25)17-19-6-13-26(33-4)24(29)15-19/h1,6-13,15-16,18H,14,17H2,2-4H3. The number of nitrogens with zero attached hydrogens (tertiary/aromatic N) is 2. The Bertz CT molecular complexity index is 1430. The second kappa shape index (κ2) is 10.0. The molecule has 0 atom stereocenters. The number of hydrogen-bond acceptors (Lipinski definition) is 4. The first-order chi connectivity index (χ1) is 16.4. The van der Waals surface area contributed by atoms with Gasteiger partial charge in [0.25, 0.3) is 0 Å². The first-order valence-corrected chi connectivity index (χ1v) is 11.3. The Kier molecular flexibility index (Phi) is 6.90. The second-order valence-electron chi connectivity index (χ2n) is 8.25. The Morgan fingerprint density at radius 1 is 1.09 bits per heavy atom. The van der Waals surface area contributed by atoms with Crippen LogP contribution in [0.1, 0.15) is 30.9 Å². The van der Waals surface area contributed by atoms with E-state index in [4.69, 9.17) is 27.5 Å². The zero-order valence-electron chi connectivity index (χ0n) is 19.3. The van der Waals surface area contributed by atoms with Crippen molar-refractivity contribution in [1.82, 2.24) is 9.55 Å². The third-order valence-corrected chi connectivity index (χ3v) is 5.98. The summed E-state index contributed by atoms with van der Waals surface area (Å²) in [5.74, 6) is 4.08. The molecular weight excluding hydrogens is 448 g/mol. The van der Waals surface area contributed by atoms with Crippen molar-refractivity contribution in [3.63, 3.8) is 0 Å². The molecule has 1 aromatic heterocycles. The van der Waals surface area contributed by atoms with Crippen molar-refractivity contribution in [1.29, 1.82) is 0 Å². The topological polar surface area (TPSA) is 53.3 Å². The summed E-state index contributed by atoms with van der Waals surface area (Å²) in [5.41, 5.74) is 3.93. The number of methoxy groups -OCH3 is 1. The molecule has 0 aliphatic rings. The van der Waals surface area contributed by atoms with Crippen LogP contribution in [-0.4, -0.2) is 23.3 Å². The van der Waals surface area contributed by atoms with E-state index >= 15 is 0 Å². The quantitative estimate of drug-likeness (QED) is 0.314. The van der Waals surface area contributed by atoms with Crippen molar-refractivity contribution < 1.29 is 9.47 Å². The number of benzene rings is 3. The molecule has 0 aliphatic carbocycles. The van der Waals surface area contributed by atoms with Gasteiger partial charge in [0.2, 0.25) is 0 Å². The van der Waals surface area contributed by atoms with Crippen LogP contribution < -0.4 is 15.2 Å². The van der Waals surface area contributed by atoms with E-state index in [0.717, 1.165) is 22.0 Å². The molecule has 0 amide bonds. The number of terminal acetylenes is 1. The summed E-state index contributed by atoms with van der Waals surface area (Å²) >= 11 is 6.30. The molecule has 34 heavy (non-hydrogen) atoms. The zero-order valence-corrected chi connectivity index (χ0v) is 20.1. The van der Waals surface area contributed by atoms with E-state index in [0.29, 0.717) is 34.7 Å². The minimum Gasteiger partial charge on any atom is -0.495 e. The Morgan fingerprint density at radius 3 is 2.50 bits per heavy atom. The maximum Gasteiger partial charge on any atom is 0.348 e. The van der Waals surface area contributed by atoms with E-state index in [1.807, 2.05) is 36.4 Å². The van der Waals surface area contributed by atoms with Gasteiger partial charge in [0, 0.05) is 10.9 Å². The normalized spacial score (nSPS) is 10.9. The summed E-state index contributed by atoms with van der Waals surface area (Å²) in [6, 6.07) is 19.1. The van der Waals surface area contributed by atoms with Gasteiger partial charge in [-0.15, -0.1) is 6.42 Å². The maximum atomic E-state index is 13.2. The van der Waals surface area contributed by atoms with Crippen LogP contribution in [0.15, 0.2) is 65.5 Å². The highest BCUT2D eigenvalue weighted by atomic mass is 35.5. The van der Waals surface area contributed by atoms with E-state index in [1.54, 1.807) is 23.8 Å². The van der Waals surface area contributed by atoms with Gasteiger partial charge in [-0.25, -0.2) is 4.79 Å². The van der Waals surface area contributed by atoms with Crippen LogP contribution in [0.4, 0.5) is 0 Å². The molecule has 3 aromatic carbocycles. The predicted octanol–water partition coefficient (Wildman–Crippen LogP) is 5.91.